The lowest BCUT2D eigenvalue weighted by Crippen LogP contribution is -2.52. The summed E-state index contributed by atoms with van der Waals surface area (Å²) in [4.78, 5) is 2.73. The Morgan fingerprint density at radius 2 is 1.53 bits per heavy atom. The van der Waals surface area contributed by atoms with Crippen LogP contribution in [0.4, 0.5) is 0 Å². The van der Waals surface area contributed by atoms with E-state index in [0.29, 0.717) is 6.04 Å². The zero-order valence-corrected chi connectivity index (χ0v) is 11.5. The van der Waals surface area contributed by atoms with Crippen LogP contribution in [-0.2, 0) is 0 Å². The van der Waals surface area contributed by atoms with Crippen LogP contribution >= 0.6 is 0 Å². The summed E-state index contributed by atoms with van der Waals surface area (Å²) in [5, 5.41) is 0. The Bertz CT molecular complexity index is 168. The molecule has 0 radical (unpaired) electrons. The van der Waals surface area contributed by atoms with Gasteiger partial charge in [0.25, 0.3) is 0 Å². The average molecular weight is 211 g/mol. The molecular formula is C14H29N. The fraction of sp³-hybridized carbons (Fsp3) is 1.00. The molecule has 1 heterocycles. The summed E-state index contributed by atoms with van der Waals surface area (Å²) in [6.45, 7) is 15.6. The van der Waals surface area contributed by atoms with Crippen molar-refractivity contribution in [2.75, 3.05) is 6.54 Å². The third-order valence-corrected chi connectivity index (χ3v) is 3.98. The van der Waals surface area contributed by atoms with Crippen molar-refractivity contribution in [2.45, 2.75) is 66.5 Å². The van der Waals surface area contributed by atoms with Crippen LogP contribution in [0.15, 0.2) is 0 Å². The number of likely N-dealkylation sites (tertiary alicyclic amines) is 1. The molecule has 1 aliphatic rings. The Hall–Kier alpha value is -0.0400. The smallest absolute Gasteiger partial charge is 0.0152 e. The van der Waals surface area contributed by atoms with Gasteiger partial charge in [0.05, 0.1) is 0 Å². The summed E-state index contributed by atoms with van der Waals surface area (Å²) >= 11 is 0. The van der Waals surface area contributed by atoms with E-state index in [1.165, 1.54) is 19.4 Å². The number of rotatable bonds is 3. The van der Waals surface area contributed by atoms with Crippen molar-refractivity contribution in [3.05, 3.63) is 0 Å². The van der Waals surface area contributed by atoms with Crippen LogP contribution in [0.2, 0.25) is 0 Å². The molecule has 1 rings (SSSR count). The van der Waals surface area contributed by atoms with Gasteiger partial charge in [-0.1, -0.05) is 27.7 Å². The monoisotopic (exact) mass is 211 g/mol. The van der Waals surface area contributed by atoms with Crippen molar-refractivity contribution in [1.82, 2.24) is 4.90 Å². The molecule has 1 nitrogen and oxygen atoms in total. The maximum absolute atomic E-state index is 2.73. The van der Waals surface area contributed by atoms with Gasteiger partial charge in [-0.15, -0.1) is 0 Å². The van der Waals surface area contributed by atoms with Gasteiger partial charge in [-0.25, -0.2) is 0 Å². The van der Waals surface area contributed by atoms with Gasteiger partial charge in [0.15, 0.2) is 0 Å². The summed E-state index contributed by atoms with van der Waals surface area (Å²) < 4.78 is 0. The van der Waals surface area contributed by atoms with Crippen molar-refractivity contribution < 1.29 is 0 Å². The third-order valence-electron chi connectivity index (χ3n) is 3.98. The van der Waals surface area contributed by atoms with Gasteiger partial charge >= 0.3 is 0 Å². The van der Waals surface area contributed by atoms with E-state index < -0.39 is 0 Å². The molecule has 0 aromatic rings. The lowest BCUT2D eigenvalue weighted by molar-refractivity contribution is 0.0159. The van der Waals surface area contributed by atoms with Crippen molar-refractivity contribution in [3.63, 3.8) is 0 Å². The minimum Gasteiger partial charge on any atom is -0.297 e. The van der Waals surface area contributed by atoms with Crippen LogP contribution in [0.25, 0.3) is 0 Å². The summed E-state index contributed by atoms with van der Waals surface area (Å²) in [6, 6.07) is 1.51. The summed E-state index contributed by atoms with van der Waals surface area (Å²) in [5.41, 5.74) is 0. The Labute approximate surface area is 96.2 Å². The summed E-state index contributed by atoms with van der Waals surface area (Å²) in [7, 11) is 0. The number of hydrogen-bond acceptors (Lipinski definition) is 1. The van der Waals surface area contributed by atoms with Gasteiger partial charge in [-0.2, -0.15) is 0 Å². The van der Waals surface area contributed by atoms with E-state index in [-0.39, 0.29) is 0 Å². The summed E-state index contributed by atoms with van der Waals surface area (Å²) in [5.74, 6) is 2.53. The highest BCUT2D eigenvalue weighted by molar-refractivity contribution is 4.89. The Morgan fingerprint density at radius 3 is 1.93 bits per heavy atom. The molecule has 1 saturated heterocycles. The highest BCUT2D eigenvalue weighted by atomic mass is 15.2. The maximum Gasteiger partial charge on any atom is 0.0152 e. The van der Waals surface area contributed by atoms with Crippen LogP contribution in [0.5, 0.6) is 0 Å². The summed E-state index contributed by atoms with van der Waals surface area (Å²) in [6.07, 6.45) is 2.83. The van der Waals surface area contributed by atoms with Crippen molar-refractivity contribution >= 4 is 0 Å². The molecule has 1 aliphatic heterocycles. The predicted molar refractivity (Wildman–Crippen MR) is 68.0 cm³/mol. The second kappa shape index (κ2) is 5.34. The Balaban J connectivity index is 2.80. The Kier molecular flexibility index (Phi) is 4.64. The highest BCUT2D eigenvalue weighted by Gasteiger charge is 2.35. The van der Waals surface area contributed by atoms with Crippen LogP contribution in [0.3, 0.4) is 0 Å². The van der Waals surface area contributed by atoms with Crippen molar-refractivity contribution in [1.29, 1.82) is 0 Å². The average Bonchev–Trinajstić information content (AvgIpc) is 2.16. The normalized spacial score (nSPS) is 29.4. The zero-order valence-electron chi connectivity index (χ0n) is 11.5. The standard InChI is InChI=1S/C14H29N/c1-10(2)13-8-7-9-15(12(5)6)14(13)11(3)4/h10-14H,7-9H2,1-6H3. The van der Waals surface area contributed by atoms with Gasteiger partial charge in [-0.3, -0.25) is 4.90 Å². The van der Waals surface area contributed by atoms with E-state index >= 15 is 0 Å². The first-order chi connectivity index (χ1) is 6.95. The maximum atomic E-state index is 2.73. The number of hydrogen-bond donors (Lipinski definition) is 0. The molecule has 0 bridgehead atoms. The number of piperidine rings is 1. The molecule has 15 heavy (non-hydrogen) atoms. The largest absolute Gasteiger partial charge is 0.297 e. The van der Waals surface area contributed by atoms with Gasteiger partial charge in [0, 0.05) is 12.1 Å². The van der Waals surface area contributed by atoms with Crippen LogP contribution < -0.4 is 0 Å². The quantitative estimate of drug-likeness (QED) is 0.686. The molecule has 1 fully saturated rings. The fourth-order valence-electron chi connectivity index (χ4n) is 3.28. The van der Waals surface area contributed by atoms with Crippen LogP contribution in [0.1, 0.15) is 54.4 Å². The van der Waals surface area contributed by atoms with Crippen molar-refractivity contribution in [3.8, 4) is 0 Å². The predicted octanol–water partition coefficient (Wildman–Crippen LogP) is 3.79. The lowest BCUT2D eigenvalue weighted by atomic mass is 9.76. The molecule has 0 saturated carbocycles. The molecule has 0 N–H and O–H groups in total. The molecule has 0 aromatic carbocycles. The van der Waals surface area contributed by atoms with Gasteiger partial charge in [0.1, 0.15) is 0 Å². The first kappa shape index (κ1) is 13.0. The Morgan fingerprint density at radius 1 is 0.933 bits per heavy atom. The SMILES string of the molecule is CC(C)C1CCCN(C(C)C)C1C(C)C. The minimum atomic E-state index is 0.707. The molecule has 2 atom stereocenters. The topological polar surface area (TPSA) is 3.24 Å². The van der Waals surface area contributed by atoms with E-state index in [4.69, 9.17) is 0 Å². The molecule has 90 valence electrons. The van der Waals surface area contributed by atoms with Gasteiger partial charge in [-0.05, 0) is 51.0 Å². The zero-order chi connectivity index (χ0) is 11.6. The molecule has 1 heteroatoms. The van der Waals surface area contributed by atoms with E-state index in [0.717, 1.165) is 23.8 Å². The second-order valence-electron chi connectivity index (χ2n) is 6.12. The lowest BCUT2D eigenvalue weighted by Gasteiger charge is -2.47. The second-order valence-corrected chi connectivity index (χ2v) is 6.12. The van der Waals surface area contributed by atoms with E-state index in [1.54, 1.807) is 0 Å². The molecule has 0 spiro atoms. The molecule has 0 amide bonds. The minimum absolute atomic E-state index is 0.707. The van der Waals surface area contributed by atoms with E-state index in [1.807, 2.05) is 0 Å². The molecule has 2 unspecified atom stereocenters. The van der Waals surface area contributed by atoms with E-state index in [9.17, 15) is 0 Å². The van der Waals surface area contributed by atoms with Crippen LogP contribution in [0, 0.1) is 17.8 Å². The third kappa shape index (κ3) is 2.96. The first-order valence-corrected chi connectivity index (χ1v) is 6.70. The molecule has 0 aromatic heterocycles. The molecule has 0 aliphatic carbocycles. The van der Waals surface area contributed by atoms with Gasteiger partial charge in [0.2, 0.25) is 0 Å². The molecular weight excluding hydrogens is 182 g/mol. The van der Waals surface area contributed by atoms with Crippen LogP contribution in [-0.4, -0.2) is 23.5 Å². The highest BCUT2D eigenvalue weighted by Crippen LogP contribution is 2.34. The van der Waals surface area contributed by atoms with E-state index in [2.05, 4.69) is 46.4 Å². The number of nitrogens with zero attached hydrogens (tertiary/aromatic N) is 1. The van der Waals surface area contributed by atoms with Gasteiger partial charge < -0.3 is 0 Å². The van der Waals surface area contributed by atoms with Crippen molar-refractivity contribution in [2.24, 2.45) is 17.8 Å². The fourth-order valence-corrected chi connectivity index (χ4v) is 3.28. The first-order valence-electron chi connectivity index (χ1n) is 6.70.